The molecule has 0 aliphatic rings. The summed E-state index contributed by atoms with van der Waals surface area (Å²) in [5, 5.41) is 3.12. The van der Waals surface area contributed by atoms with Gasteiger partial charge >= 0.3 is 6.09 Å². The van der Waals surface area contributed by atoms with E-state index in [0.29, 0.717) is 5.56 Å². The van der Waals surface area contributed by atoms with Gasteiger partial charge in [0.2, 0.25) is 0 Å². The molecule has 0 saturated carbocycles. The zero-order valence-corrected chi connectivity index (χ0v) is 14.4. The number of hydrogen-bond donors (Lipinski definition) is 0. The summed E-state index contributed by atoms with van der Waals surface area (Å²) in [5.41, 5.74) is 0.0298. The molecule has 0 radical (unpaired) electrons. The zero-order chi connectivity index (χ0) is 16.5. The van der Waals surface area contributed by atoms with Crippen LogP contribution in [-0.4, -0.2) is 35.5 Å². The minimum Gasteiger partial charge on any atom is -0.444 e. The molecule has 5 heteroatoms. The van der Waals surface area contributed by atoms with Crippen molar-refractivity contribution in [2.45, 2.75) is 39.3 Å². The van der Waals surface area contributed by atoms with Gasteiger partial charge in [0.05, 0.1) is 6.04 Å². The van der Waals surface area contributed by atoms with Gasteiger partial charge in [-0.25, -0.2) is 4.79 Å². The number of benzene rings is 1. The Morgan fingerprint density at radius 1 is 1.23 bits per heavy atom. The Morgan fingerprint density at radius 3 is 2.55 bits per heavy atom. The molecule has 118 valence electrons. The van der Waals surface area contributed by atoms with Crippen LogP contribution in [-0.2, 0) is 4.74 Å². The second-order valence-electron chi connectivity index (χ2n) is 6.30. The van der Waals surface area contributed by atoms with Crippen LogP contribution in [0.3, 0.4) is 0 Å². The van der Waals surface area contributed by atoms with E-state index >= 15 is 0 Å². The predicted molar refractivity (Wildman–Crippen MR) is 89.6 cm³/mol. The molecule has 0 aliphatic carbocycles. The van der Waals surface area contributed by atoms with E-state index in [1.165, 1.54) is 4.90 Å². The van der Waals surface area contributed by atoms with Gasteiger partial charge in [-0.05, 0) is 50.6 Å². The zero-order valence-electron chi connectivity index (χ0n) is 13.5. The lowest BCUT2D eigenvalue weighted by Crippen LogP contribution is -2.43. The van der Waals surface area contributed by atoms with E-state index in [9.17, 15) is 9.59 Å². The molecule has 0 N–H and O–H groups in total. The van der Waals surface area contributed by atoms with Crippen molar-refractivity contribution >= 4 is 33.3 Å². The minimum absolute atomic E-state index is 0.0938. The van der Waals surface area contributed by atoms with Crippen LogP contribution in [0.2, 0.25) is 0 Å². The summed E-state index contributed by atoms with van der Waals surface area (Å²) in [6.45, 7) is 7.12. The molecular weight excluding hydrogens is 298 g/mol. The lowest BCUT2D eigenvalue weighted by atomic mass is 10.0. The number of nitrogens with zero attached hydrogens (tertiary/aromatic N) is 1. The molecule has 1 aromatic carbocycles. The van der Waals surface area contributed by atoms with Gasteiger partial charge in [0, 0.05) is 17.3 Å². The maximum atomic E-state index is 12.6. The molecule has 4 nitrogen and oxygen atoms in total. The lowest BCUT2D eigenvalue weighted by molar-refractivity contribution is 0.0231. The average molecular weight is 319 g/mol. The summed E-state index contributed by atoms with van der Waals surface area (Å²) in [6.07, 6.45) is -0.495. The third-order valence-corrected chi connectivity index (χ3v) is 4.26. The van der Waals surface area contributed by atoms with Crippen molar-refractivity contribution in [3.63, 3.8) is 0 Å². The summed E-state index contributed by atoms with van der Waals surface area (Å²) in [7, 11) is 1.58. The Morgan fingerprint density at radius 2 is 1.91 bits per heavy atom. The Labute approximate surface area is 134 Å². The Hall–Kier alpha value is -1.88. The number of Topliss-reactive ketones (excluding diaryl/α,β-unsaturated/α-hetero) is 1. The molecule has 0 unspecified atom stereocenters. The highest BCUT2D eigenvalue weighted by molar-refractivity contribution is 7.17. The first kappa shape index (κ1) is 16.5. The molecule has 0 bridgehead atoms. The van der Waals surface area contributed by atoms with Crippen molar-refractivity contribution in [2.24, 2.45) is 0 Å². The average Bonchev–Trinajstić information content (AvgIpc) is 2.90. The van der Waals surface area contributed by atoms with Gasteiger partial charge < -0.3 is 9.64 Å². The number of fused-ring (bicyclic) bond motifs is 1. The van der Waals surface area contributed by atoms with Crippen LogP contribution in [0.1, 0.15) is 38.1 Å². The molecule has 0 saturated heterocycles. The van der Waals surface area contributed by atoms with Gasteiger partial charge in [0.25, 0.3) is 0 Å². The SMILES string of the molecule is C[C@@H](C(=O)c1ccc2ccsc2c1)N(C)C(=O)OC(C)(C)C. The first-order valence-electron chi connectivity index (χ1n) is 7.16. The third-order valence-electron chi connectivity index (χ3n) is 3.38. The van der Waals surface area contributed by atoms with Gasteiger partial charge in [0.1, 0.15) is 5.60 Å². The molecule has 0 spiro atoms. The Balaban J connectivity index is 2.15. The van der Waals surface area contributed by atoms with Crippen LogP contribution in [0.25, 0.3) is 10.1 Å². The second-order valence-corrected chi connectivity index (χ2v) is 7.25. The normalized spacial score (nSPS) is 13.0. The van der Waals surface area contributed by atoms with Crippen LogP contribution < -0.4 is 0 Å². The van der Waals surface area contributed by atoms with Gasteiger partial charge in [-0.2, -0.15) is 0 Å². The lowest BCUT2D eigenvalue weighted by Gasteiger charge is -2.28. The number of likely N-dealkylation sites (N-methyl/N-ethyl adjacent to an activating group) is 1. The first-order valence-corrected chi connectivity index (χ1v) is 8.04. The number of carbonyl (C=O) groups excluding carboxylic acids is 2. The summed E-state index contributed by atoms with van der Waals surface area (Å²) < 4.78 is 6.37. The standard InChI is InChI=1S/C17H21NO3S/c1-11(18(5)16(20)21-17(2,3)4)15(19)13-7-6-12-8-9-22-14(12)10-13/h6-11H,1-5H3/t11-/m0/s1. The second kappa shape index (κ2) is 6.08. The molecule has 2 aromatic rings. The molecule has 1 atom stereocenters. The fourth-order valence-electron chi connectivity index (χ4n) is 2.02. The summed E-state index contributed by atoms with van der Waals surface area (Å²) in [6, 6.07) is 7.05. The van der Waals surface area contributed by atoms with Crippen LogP contribution in [0.4, 0.5) is 4.79 Å². The van der Waals surface area contributed by atoms with Crippen LogP contribution >= 0.6 is 11.3 Å². The van der Waals surface area contributed by atoms with E-state index in [1.54, 1.807) is 52.1 Å². The van der Waals surface area contributed by atoms with E-state index in [1.807, 2.05) is 23.6 Å². The molecule has 0 aliphatic heterocycles. The van der Waals surface area contributed by atoms with E-state index in [4.69, 9.17) is 4.74 Å². The molecule has 1 amide bonds. The highest BCUT2D eigenvalue weighted by Crippen LogP contribution is 2.23. The molecule has 2 rings (SSSR count). The Kier molecular flexibility index (Phi) is 4.56. The number of ketones is 1. The van der Waals surface area contributed by atoms with E-state index < -0.39 is 17.7 Å². The molecule has 0 fully saturated rings. The maximum Gasteiger partial charge on any atom is 0.410 e. The van der Waals surface area contributed by atoms with Crippen LogP contribution in [0.5, 0.6) is 0 Å². The number of carbonyl (C=O) groups is 2. The number of ether oxygens (including phenoxy) is 1. The number of hydrogen-bond acceptors (Lipinski definition) is 4. The van der Waals surface area contributed by atoms with Crippen molar-refractivity contribution in [3.8, 4) is 0 Å². The molecular formula is C17H21NO3S. The maximum absolute atomic E-state index is 12.6. The summed E-state index contributed by atoms with van der Waals surface area (Å²) in [4.78, 5) is 26.0. The van der Waals surface area contributed by atoms with Crippen LogP contribution in [0, 0.1) is 0 Å². The summed E-state index contributed by atoms with van der Waals surface area (Å²) >= 11 is 1.60. The van der Waals surface area contributed by atoms with E-state index in [-0.39, 0.29) is 5.78 Å². The van der Waals surface area contributed by atoms with E-state index in [2.05, 4.69) is 0 Å². The Bertz CT molecular complexity index is 699. The quantitative estimate of drug-likeness (QED) is 0.791. The van der Waals surface area contributed by atoms with E-state index in [0.717, 1.165) is 10.1 Å². The largest absolute Gasteiger partial charge is 0.444 e. The van der Waals surface area contributed by atoms with Crippen molar-refractivity contribution in [1.82, 2.24) is 4.90 Å². The highest BCUT2D eigenvalue weighted by Gasteiger charge is 2.27. The predicted octanol–water partition coefficient (Wildman–Crippen LogP) is 4.34. The van der Waals surface area contributed by atoms with Gasteiger partial charge in [-0.3, -0.25) is 4.79 Å². The molecule has 1 aromatic heterocycles. The monoisotopic (exact) mass is 319 g/mol. The van der Waals surface area contributed by atoms with Crippen molar-refractivity contribution in [1.29, 1.82) is 0 Å². The number of rotatable bonds is 3. The molecule has 22 heavy (non-hydrogen) atoms. The van der Waals surface area contributed by atoms with Crippen molar-refractivity contribution < 1.29 is 14.3 Å². The van der Waals surface area contributed by atoms with Crippen LogP contribution in [0.15, 0.2) is 29.6 Å². The topological polar surface area (TPSA) is 46.6 Å². The molecule has 1 heterocycles. The first-order chi connectivity index (χ1) is 10.2. The fourth-order valence-corrected chi connectivity index (χ4v) is 2.85. The van der Waals surface area contributed by atoms with Gasteiger partial charge in [0.15, 0.2) is 5.78 Å². The van der Waals surface area contributed by atoms with Crippen molar-refractivity contribution in [3.05, 3.63) is 35.2 Å². The van der Waals surface area contributed by atoms with Gasteiger partial charge in [-0.1, -0.05) is 12.1 Å². The minimum atomic E-state index is -0.579. The number of thiophene rings is 1. The highest BCUT2D eigenvalue weighted by atomic mass is 32.1. The smallest absolute Gasteiger partial charge is 0.410 e. The number of amides is 1. The fraction of sp³-hybridized carbons (Fsp3) is 0.412. The summed E-state index contributed by atoms with van der Waals surface area (Å²) in [5.74, 6) is -0.0938. The third kappa shape index (κ3) is 3.65. The van der Waals surface area contributed by atoms with Gasteiger partial charge in [-0.15, -0.1) is 11.3 Å². The van der Waals surface area contributed by atoms with Crippen molar-refractivity contribution in [2.75, 3.05) is 7.05 Å².